The van der Waals surface area contributed by atoms with Crippen molar-refractivity contribution in [3.05, 3.63) is 47.2 Å². The Morgan fingerprint density at radius 3 is 2.77 bits per heavy atom. The highest BCUT2D eigenvalue weighted by Crippen LogP contribution is 2.23. The zero-order valence-corrected chi connectivity index (χ0v) is 15.1. The average Bonchev–Trinajstić information content (AvgIpc) is 3.16. The van der Waals surface area contributed by atoms with E-state index in [2.05, 4.69) is 21.2 Å². The normalized spacial score (nSPS) is 16.5. The third-order valence-electron chi connectivity index (χ3n) is 5.25. The molecule has 1 amide bonds. The number of methoxy groups -OCH3 is 1. The van der Waals surface area contributed by atoms with Gasteiger partial charge in [0.25, 0.3) is 0 Å². The molecule has 2 aliphatic rings. The maximum Gasteiger partial charge on any atom is 0.227 e. The van der Waals surface area contributed by atoms with Gasteiger partial charge in [-0.15, -0.1) is 5.10 Å². The van der Waals surface area contributed by atoms with Crippen LogP contribution in [0.25, 0.3) is 0 Å². The number of fused-ring (bicyclic) bond motifs is 1. The van der Waals surface area contributed by atoms with Crippen LogP contribution >= 0.6 is 0 Å². The smallest absolute Gasteiger partial charge is 0.227 e. The molecule has 1 aliphatic heterocycles. The molecule has 4 rings (SSSR count). The molecule has 1 fully saturated rings. The number of benzene rings is 1. The molecular formula is C20H24N4O2. The minimum atomic E-state index is 0.165. The highest BCUT2D eigenvalue weighted by atomic mass is 16.5. The molecule has 0 spiro atoms. The van der Waals surface area contributed by atoms with Crippen LogP contribution in [0.4, 0.5) is 5.82 Å². The number of hydrogen-bond acceptors (Lipinski definition) is 5. The summed E-state index contributed by atoms with van der Waals surface area (Å²) in [5.41, 5.74) is 3.48. The topological polar surface area (TPSA) is 58.6 Å². The first-order valence-electron chi connectivity index (χ1n) is 9.24. The lowest BCUT2D eigenvalue weighted by atomic mass is 10.1. The molecule has 1 saturated heterocycles. The van der Waals surface area contributed by atoms with Crippen LogP contribution in [0, 0.1) is 0 Å². The molecule has 6 nitrogen and oxygen atoms in total. The molecule has 0 saturated carbocycles. The zero-order valence-electron chi connectivity index (χ0n) is 15.1. The van der Waals surface area contributed by atoms with Crippen LogP contribution in [0.2, 0.25) is 0 Å². The molecule has 0 bridgehead atoms. The van der Waals surface area contributed by atoms with Crippen molar-refractivity contribution < 1.29 is 9.53 Å². The van der Waals surface area contributed by atoms with Gasteiger partial charge in [0, 0.05) is 26.2 Å². The van der Waals surface area contributed by atoms with Gasteiger partial charge in [-0.3, -0.25) is 4.79 Å². The van der Waals surface area contributed by atoms with Gasteiger partial charge in [0.15, 0.2) is 5.82 Å². The average molecular weight is 352 g/mol. The lowest BCUT2D eigenvalue weighted by Gasteiger charge is -2.35. The van der Waals surface area contributed by atoms with Crippen molar-refractivity contribution in [2.24, 2.45) is 0 Å². The summed E-state index contributed by atoms with van der Waals surface area (Å²) < 4.78 is 5.23. The number of aryl methyl sites for hydroxylation is 2. The lowest BCUT2D eigenvalue weighted by Crippen LogP contribution is -2.49. The molecule has 0 N–H and O–H groups in total. The predicted octanol–water partition coefficient (Wildman–Crippen LogP) is 1.87. The van der Waals surface area contributed by atoms with Crippen molar-refractivity contribution >= 4 is 11.7 Å². The van der Waals surface area contributed by atoms with E-state index >= 15 is 0 Å². The summed E-state index contributed by atoms with van der Waals surface area (Å²) >= 11 is 0. The number of rotatable bonds is 4. The summed E-state index contributed by atoms with van der Waals surface area (Å²) in [6.45, 7) is 3.05. The second kappa shape index (κ2) is 7.32. The lowest BCUT2D eigenvalue weighted by molar-refractivity contribution is -0.130. The summed E-state index contributed by atoms with van der Waals surface area (Å²) in [6.07, 6.45) is 3.75. The van der Waals surface area contributed by atoms with Gasteiger partial charge in [-0.25, -0.2) is 0 Å². The molecule has 0 radical (unpaired) electrons. The number of aromatic nitrogens is 2. The fraction of sp³-hybridized carbons (Fsp3) is 0.450. The molecule has 26 heavy (non-hydrogen) atoms. The van der Waals surface area contributed by atoms with Crippen molar-refractivity contribution in [1.29, 1.82) is 0 Å². The van der Waals surface area contributed by atoms with Crippen LogP contribution < -0.4 is 9.64 Å². The molecular weight excluding hydrogens is 328 g/mol. The first-order valence-corrected chi connectivity index (χ1v) is 9.24. The maximum atomic E-state index is 12.6. The van der Waals surface area contributed by atoms with E-state index in [0.29, 0.717) is 6.42 Å². The fourth-order valence-corrected chi connectivity index (χ4v) is 3.73. The number of amides is 1. The maximum absolute atomic E-state index is 12.6. The SMILES string of the molecule is COc1cccc(CC(=O)N2CCN(c3cc4c(nn3)CCC4)CC2)c1. The van der Waals surface area contributed by atoms with Crippen LogP contribution in [0.15, 0.2) is 30.3 Å². The van der Waals surface area contributed by atoms with Crippen LogP contribution in [0.5, 0.6) is 5.75 Å². The standard InChI is InChI=1S/C20H24N4O2/c1-26-17-6-2-4-15(12-17)13-20(25)24-10-8-23(9-11-24)19-14-16-5-3-7-18(16)21-22-19/h2,4,6,12,14H,3,5,7-11,13H2,1H3. The van der Waals surface area contributed by atoms with Crippen LogP contribution in [0.3, 0.4) is 0 Å². The van der Waals surface area contributed by atoms with E-state index in [9.17, 15) is 4.79 Å². The minimum Gasteiger partial charge on any atom is -0.497 e. The van der Waals surface area contributed by atoms with Gasteiger partial charge in [-0.1, -0.05) is 12.1 Å². The van der Waals surface area contributed by atoms with E-state index in [0.717, 1.165) is 61.8 Å². The van der Waals surface area contributed by atoms with Crippen molar-refractivity contribution in [3.8, 4) is 5.75 Å². The molecule has 0 atom stereocenters. The molecule has 1 aromatic carbocycles. The second-order valence-corrected chi connectivity index (χ2v) is 6.92. The van der Waals surface area contributed by atoms with Crippen molar-refractivity contribution in [1.82, 2.24) is 15.1 Å². The number of carbonyl (C=O) groups is 1. The summed E-state index contributed by atoms with van der Waals surface area (Å²) in [7, 11) is 1.64. The van der Waals surface area contributed by atoms with E-state index in [-0.39, 0.29) is 5.91 Å². The molecule has 1 aromatic heterocycles. The van der Waals surface area contributed by atoms with Gasteiger partial charge in [-0.2, -0.15) is 5.10 Å². The van der Waals surface area contributed by atoms with Gasteiger partial charge < -0.3 is 14.5 Å². The Kier molecular flexibility index (Phi) is 4.73. The third kappa shape index (κ3) is 3.49. The minimum absolute atomic E-state index is 0.165. The summed E-state index contributed by atoms with van der Waals surface area (Å²) in [5, 5.41) is 8.77. The molecule has 136 valence electrons. The number of piperazine rings is 1. The van der Waals surface area contributed by atoms with Crippen molar-refractivity contribution in [2.45, 2.75) is 25.7 Å². The van der Waals surface area contributed by atoms with E-state index in [1.807, 2.05) is 29.2 Å². The van der Waals surface area contributed by atoms with E-state index < -0.39 is 0 Å². The first kappa shape index (κ1) is 16.8. The summed E-state index contributed by atoms with van der Waals surface area (Å²) in [5.74, 6) is 1.90. The molecule has 0 unspecified atom stereocenters. The van der Waals surface area contributed by atoms with E-state index in [1.54, 1.807) is 7.11 Å². The van der Waals surface area contributed by atoms with Crippen molar-refractivity contribution in [2.75, 3.05) is 38.2 Å². The van der Waals surface area contributed by atoms with Gasteiger partial charge >= 0.3 is 0 Å². The molecule has 2 heterocycles. The number of nitrogens with zero attached hydrogens (tertiary/aromatic N) is 4. The second-order valence-electron chi connectivity index (χ2n) is 6.92. The Labute approximate surface area is 153 Å². The van der Waals surface area contributed by atoms with E-state index in [1.165, 1.54) is 12.0 Å². The number of anilines is 1. The zero-order chi connectivity index (χ0) is 17.9. The Balaban J connectivity index is 1.35. The van der Waals surface area contributed by atoms with Gasteiger partial charge in [0.2, 0.25) is 5.91 Å². The molecule has 6 heteroatoms. The van der Waals surface area contributed by atoms with Gasteiger partial charge in [0.05, 0.1) is 19.2 Å². The Bertz CT molecular complexity index is 800. The predicted molar refractivity (Wildman–Crippen MR) is 99.5 cm³/mol. The van der Waals surface area contributed by atoms with Crippen LogP contribution in [-0.2, 0) is 24.1 Å². The summed E-state index contributed by atoms with van der Waals surface area (Å²) in [4.78, 5) is 16.8. The van der Waals surface area contributed by atoms with Crippen LogP contribution in [-0.4, -0.2) is 54.3 Å². The molecule has 2 aromatic rings. The third-order valence-corrected chi connectivity index (χ3v) is 5.25. The summed E-state index contributed by atoms with van der Waals surface area (Å²) in [6, 6.07) is 9.89. The largest absolute Gasteiger partial charge is 0.497 e. The van der Waals surface area contributed by atoms with Crippen molar-refractivity contribution in [3.63, 3.8) is 0 Å². The highest BCUT2D eigenvalue weighted by Gasteiger charge is 2.23. The first-order chi connectivity index (χ1) is 12.7. The Morgan fingerprint density at radius 1 is 1.12 bits per heavy atom. The van der Waals surface area contributed by atoms with Gasteiger partial charge in [-0.05, 0) is 48.6 Å². The fourth-order valence-electron chi connectivity index (χ4n) is 3.73. The quantitative estimate of drug-likeness (QED) is 0.841. The number of hydrogen-bond donors (Lipinski definition) is 0. The molecule has 1 aliphatic carbocycles. The van der Waals surface area contributed by atoms with E-state index in [4.69, 9.17) is 4.74 Å². The Hall–Kier alpha value is -2.63. The van der Waals surface area contributed by atoms with Crippen LogP contribution in [0.1, 0.15) is 23.2 Å². The highest BCUT2D eigenvalue weighted by molar-refractivity contribution is 5.79. The monoisotopic (exact) mass is 352 g/mol. The Morgan fingerprint density at radius 2 is 1.96 bits per heavy atom. The number of ether oxygens (including phenoxy) is 1. The number of carbonyl (C=O) groups excluding carboxylic acids is 1. The van der Waals surface area contributed by atoms with Gasteiger partial charge in [0.1, 0.15) is 5.75 Å².